The van der Waals surface area contributed by atoms with Crippen molar-refractivity contribution >= 4 is 23.4 Å². The molecule has 3 rings (SSSR count). The van der Waals surface area contributed by atoms with Gasteiger partial charge in [-0.25, -0.2) is 0 Å². The Balaban J connectivity index is 1.74. The molecule has 2 heterocycles. The predicted octanol–water partition coefficient (Wildman–Crippen LogP) is 2.29. The molecule has 7 heteroatoms. The number of carbonyl (C=O) groups is 1. The van der Waals surface area contributed by atoms with Gasteiger partial charge in [0.25, 0.3) is 11.6 Å². The number of carbonyl (C=O) groups excluding carboxylic acids is 1. The maximum absolute atomic E-state index is 12.5. The zero-order valence-corrected chi connectivity index (χ0v) is 12.3. The van der Waals surface area contributed by atoms with Crippen molar-refractivity contribution in [2.75, 3.05) is 25.4 Å². The number of rotatable bonds is 2. The first-order chi connectivity index (χ1) is 10.1. The number of thioether (sulfide) groups is 1. The number of nitro benzene ring substituents is 1. The first-order valence-electron chi connectivity index (χ1n) is 6.92. The van der Waals surface area contributed by atoms with E-state index in [9.17, 15) is 14.9 Å². The summed E-state index contributed by atoms with van der Waals surface area (Å²) in [4.78, 5) is 24.6. The summed E-state index contributed by atoms with van der Waals surface area (Å²) in [5.41, 5.74) is 0.0349. The molecule has 1 aromatic rings. The molecule has 112 valence electrons. The minimum Gasteiger partial charge on any atom is -0.363 e. The standard InChI is InChI=1S/C14H16N2O4S/c17-13(11-3-1-2-4-12(11)16(18)19)15-7-5-14(6-8-15)20-9-10-21-14/h1-4H,5-10H2. The lowest BCUT2D eigenvalue weighted by molar-refractivity contribution is -0.385. The van der Waals surface area contributed by atoms with E-state index in [-0.39, 0.29) is 22.1 Å². The minimum atomic E-state index is -0.505. The Morgan fingerprint density at radius 2 is 2.05 bits per heavy atom. The van der Waals surface area contributed by atoms with Crippen LogP contribution in [0.15, 0.2) is 24.3 Å². The summed E-state index contributed by atoms with van der Waals surface area (Å²) in [6, 6.07) is 6.12. The third-order valence-corrected chi connectivity index (χ3v) is 5.38. The van der Waals surface area contributed by atoms with Crippen LogP contribution in [0.4, 0.5) is 5.69 Å². The summed E-state index contributed by atoms with van der Waals surface area (Å²) >= 11 is 1.81. The van der Waals surface area contributed by atoms with Gasteiger partial charge in [-0.2, -0.15) is 0 Å². The van der Waals surface area contributed by atoms with E-state index in [0.717, 1.165) is 25.2 Å². The third-order valence-electron chi connectivity index (χ3n) is 3.96. The lowest BCUT2D eigenvalue weighted by Gasteiger charge is -2.37. The Bertz CT molecular complexity index is 562. The number of nitro groups is 1. The molecule has 0 N–H and O–H groups in total. The van der Waals surface area contributed by atoms with Crippen LogP contribution in [0, 0.1) is 10.1 Å². The number of hydrogen-bond donors (Lipinski definition) is 0. The molecular weight excluding hydrogens is 292 g/mol. The van der Waals surface area contributed by atoms with Crippen molar-refractivity contribution in [3.63, 3.8) is 0 Å². The summed E-state index contributed by atoms with van der Waals surface area (Å²) in [5.74, 6) is 0.734. The molecule has 0 unspecified atom stereocenters. The molecule has 0 aromatic heterocycles. The summed E-state index contributed by atoms with van der Waals surface area (Å²) in [7, 11) is 0. The predicted molar refractivity (Wildman–Crippen MR) is 79.4 cm³/mol. The van der Waals surface area contributed by atoms with E-state index < -0.39 is 4.92 Å². The highest BCUT2D eigenvalue weighted by atomic mass is 32.2. The number of amides is 1. The zero-order valence-electron chi connectivity index (χ0n) is 11.5. The second-order valence-electron chi connectivity index (χ2n) is 5.17. The Morgan fingerprint density at radius 1 is 1.33 bits per heavy atom. The summed E-state index contributed by atoms with van der Waals surface area (Å²) in [6.07, 6.45) is 1.56. The molecule has 0 aliphatic carbocycles. The van der Waals surface area contributed by atoms with E-state index in [0.29, 0.717) is 13.1 Å². The summed E-state index contributed by atoms with van der Waals surface area (Å²) < 4.78 is 5.79. The van der Waals surface area contributed by atoms with Crippen molar-refractivity contribution in [3.8, 4) is 0 Å². The van der Waals surface area contributed by atoms with Gasteiger partial charge in [0.1, 0.15) is 10.5 Å². The number of nitrogens with zero attached hydrogens (tertiary/aromatic N) is 2. The summed E-state index contributed by atoms with van der Waals surface area (Å²) in [6.45, 7) is 1.93. The minimum absolute atomic E-state index is 0.130. The van der Waals surface area contributed by atoms with E-state index in [1.165, 1.54) is 12.1 Å². The molecule has 1 aromatic carbocycles. The second-order valence-corrected chi connectivity index (χ2v) is 6.62. The number of para-hydroxylation sites is 1. The van der Waals surface area contributed by atoms with Gasteiger partial charge < -0.3 is 9.64 Å². The van der Waals surface area contributed by atoms with Crippen molar-refractivity contribution in [1.82, 2.24) is 4.90 Å². The van der Waals surface area contributed by atoms with Gasteiger partial charge in [-0.1, -0.05) is 12.1 Å². The smallest absolute Gasteiger partial charge is 0.282 e. The number of hydrogen-bond acceptors (Lipinski definition) is 5. The quantitative estimate of drug-likeness (QED) is 0.619. The van der Waals surface area contributed by atoms with E-state index >= 15 is 0 Å². The number of ether oxygens (including phenoxy) is 1. The van der Waals surface area contributed by atoms with Crippen LogP contribution in [-0.2, 0) is 4.74 Å². The molecule has 2 saturated heterocycles. The normalized spacial score (nSPS) is 20.7. The van der Waals surface area contributed by atoms with E-state index in [4.69, 9.17) is 4.74 Å². The number of piperidine rings is 1. The average Bonchev–Trinajstić information content (AvgIpc) is 2.95. The lowest BCUT2D eigenvalue weighted by Crippen LogP contribution is -2.45. The Morgan fingerprint density at radius 3 is 2.67 bits per heavy atom. The van der Waals surface area contributed by atoms with Crippen LogP contribution in [0.3, 0.4) is 0 Å². The van der Waals surface area contributed by atoms with Gasteiger partial charge in [0.05, 0.1) is 11.5 Å². The van der Waals surface area contributed by atoms with Crippen LogP contribution in [0.25, 0.3) is 0 Å². The zero-order chi connectivity index (χ0) is 14.9. The van der Waals surface area contributed by atoms with Crippen LogP contribution in [0.2, 0.25) is 0 Å². The molecule has 1 amide bonds. The maximum Gasteiger partial charge on any atom is 0.282 e. The monoisotopic (exact) mass is 308 g/mol. The SMILES string of the molecule is O=C(c1ccccc1[N+](=O)[O-])N1CCC2(CC1)OCCS2. The van der Waals surface area contributed by atoms with E-state index in [1.54, 1.807) is 17.0 Å². The molecule has 2 aliphatic rings. The molecule has 1 spiro atoms. The Hall–Kier alpha value is -1.60. The average molecular weight is 308 g/mol. The summed E-state index contributed by atoms with van der Waals surface area (Å²) in [5, 5.41) is 11.0. The van der Waals surface area contributed by atoms with Crippen molar-refractivity contribution in [3.05, 3.63) is 39.9 Å². The topological polar surface area (TPSA) is 72.7 Å². The largest absolute Gasteiger partial charge is 0.363 e. The van der Waals surface area contributed by atoms with E-state index in [2.05, 4.69) is 0 Å². The maximum atomic E-state index is 12.5. The molecule has 2 aliphatic heterocycles. The Kier molecular flexibility index (Phi) is 3.86. The molecule has 6 nitrogen and oxygen atoms in total. The first kappa shape index (κ1) is 14.3. The van der Waals surface area contributed by atoms with Crippen LogP contribution >= 0.6 is 11.8 Å². The van der Waals surface area contributed by atoms with Crippen LogP contribution < -0.4 is 0 Å². The number of likely N-dealkylation sites (tertiary alicyclic amines) is 1. The molecule has 2 fully saturated rings. The van der Waals surface area contributed by atoms with Crippen molar-refractivity contribution in [2.45, 2.75) is 17.8 Å². The molecular formula is C14H16N2O4S. The lowest BCUT2D eigenvalue weighted by atomic mass is 10.0. The highest BCUT2D eigenvalue weighted by molar-refractivity contribution is 8.00. The van der Waals surface area contributed by atoms with Gasteiger partial charge in [0, 0.05) is 37.8 Å². The highest BCUT2D eigenvalue weighted by Crippen LogP contribution is 2.41. The first-order valence-corrected chi connectivity index (χ1v) is 7.90. The highest BCUT2D eigenvalue weighted by Gasteiger charge is 2.40. The third kappa shape index (κ3) is 2.75. The van der Waals surface area contributed by atoms with Gasteiger partial charge in [0.15, 0.2) is 0 Å². The second kappa shape index (κ2) is 5.65. The van der Waals surface area contributed by atoms with Crippen molar-refractivity contribution in [2.24, 2.45) is 0 Å². The fourth-order valence-corrected chi connectivity index (χ4v) is 4.00. The van der Waals surface area contributed by atoms with Gasteiger partial charge in [-0.15, -0.1) is 11.8 Å². The van der Waals surface area contributed by atoms with Crippen LogP contribution in [0.1, 0.15) is 23.2 Å². The fourth-order valence-electron chi connectivity index (χ4n) is 2.82. The Labute approximate surface area is 126 Å². The number of benzene rings is 1. The van der Waals surface area contributed by atoms with Gasteiger partial charge in [-0.3, -0.25) is 14.9 Å². The van der Waals surface area contributed by atoms with Crippen molar-refractivity contribution in [1.29, 1.82) is 0 Å². The molecule has 0 saturated carbocycles. The molecule has 0 bridgehead atoms. The van der Waals surface area contributed by atoms with Crippen LogP contribution in [0.5, 0.6) is 0 Å². The molecule has 21 heavy (non-hydrogen) atoms. The van der Waals surface area contributed by atoms with Crippen LogP contribution in [-0.4, -0.2) is 46.1 Å². The van der Waals surface area contributed by atoms with Crippen molar-refractivity contribution < 1.29 is 14.5 Å². The molecule has 0 atom stereocenters. The van der Waals surface area contributed by atoms with Gasteiger partial charge >= 0.3 is 0 Å². The van der Waals surface area contributed by atoms with Gasteiger partial charge in [-0.05, 0) is 6.07 Å². The van der Waals surface area contributed by atoms with E-state index in [1.807, 2.05) is 11.8 Å². The molecule has 0 radical (unpaired) electrons. The fraction of sp³-hybridized carbons (Fsp3) is 0.500. The van der Waals surface area contributed by atoms with Gasteiger partial charge in [0.2, 0.25) is 0 Å².